The first-order valence-electron chi connectivity index (χ1n) is 5.37. The summed E-state index contributed by atoms with van der Waals surface area (Å²) in [6.07, 6.45) is 3.57. The molecule has 1 fully saturated rings. The maximum absolute atomic E-state index is 11.6. The molecular weight excluding hydrogens is 238 g/mol. The van der Waals surface area contributed by atoms with Crippen LogP contribution in [0.4, 0.5) is 10.5 Å². The van der Waals surface area contributed by atoms with Gasteiger partial charge in [0.05, 0.1) is 0 Å². The summed E-state index contributed by atoms with van der Waals surface area (Å²) in [5, 5.41) is 2.83. The summed E-state index contributed by atoms with van der Waals surface area (Å²) in [6, 6.07) is 3.46. The van der Waals surface area contributed by atoms with Crippen molar-refractivity contribution in [3.63, 3.8) is 0 Å². The van der Waals surface area contributed by atoms with Crippen molar-refractivity contribution in [3.05, 3.63) is 24.5 Å². The molecule has 0 saturated carbocycles. The molecular formula is C11H13N3O2S. The summed E-state index contributed by atoms with van der Waals surface area (Å²) in [7, 11) is 0. The van der Waals surface area contributed by atoms with Crippen molar-refractivity contribution < 1.29 is 9.59 Å². The lowest BCUT2D eigenvalue weighted by atomic mass is 10.3. The fraction of sp³-hybridized carbons (Fsp3) is 0.364. The molecule has 0 bridgehead atoms. The topological polar surface area (TPSA) is 62.3 Å². The zero-order valence-electron chi connectivity index (χ0n) is 9.26. The van der Waals surface area contributed by atoms with Crippen LogP contribution in [0.1, 0.15) is 6.42 Å². The average Bonchev–Trinajstić information content (AvgIpc) is 2.74. The third kappa shape index (κ3) is 3.45. The number of thioether (sulfide) groups is 1. The number of nitrogens with one attached hydrogen (secondary N) is 1. The fourth-order valence-electron chi connectivity index (χ4n) is 1.52. The number of carbonyl (C=O) groups excluding carboxylic acids is 2. The SMILES string of the molecule is O=C(CCN1CCSC1=O)Nc1ccncc1. The molecule has 90 valence electrons. The monoisotopic (exact) mass is 251 g/mol. The van der Waals surface area contributed by atoms with Crippen LogP contribution < -0.4 is 5.32 Å². The molecule has 1 aliphatic rings. The van der Waals surface area contributed by atoms with E-state index in [-0.39, 0.29) is 11.1 Å². The Labute approximate surface area is 104 Å². The maximum atomic E-state index is 11.6. The predicted molar refractivity (Wildman–Crippen MR) is 66.9 cm³/mol. The van der Waals surface area contributed by atoms with E-state index in [0.29, 0.717) is 13.0 Å². The number of aromatic nitrogens is 1. The first-order chi connectivity index (χ1) is 8.25. The second-order valence-electron chi connectivity index (χ2n) is 3.64. The van der Waals surface area contributed by atoms with E-state index in [9.17, 15) is 9.59 Å². The van der Waals surface area contributed by atoms with Crippen molar-refractivity contribution in [3.8, 4) is 0 Å². The van der Waals surface area contributed by atoms with Crippen LogP contribution in [0.2, 0.25) is 0 Å². The van der Waals surface area contributed by atoms with Crippen LogP contribution in [-0.4, -0.2) is 39.9 Å². The molecule has 0 aliphatic carbocycles. The van der Waals surface area contributed by atoms with Crippen LogP contribution in [0.5, 0.6) is 0 Å². The number of anilines is 1. The van der Waals surface area contributed by atoms with E-state index in [0.717, 1.165) is 18.0 Å². The Morgan fingerprint density at radius 1 is 1.47 bits per heavy atom. The largest absolute Gasteiger partial charge is 0.332 e. The highest BCUT2D eigenvalue weighted by Gasteiger charge is 2.21. The minimum Gasteiger partial charge on any atom is -0.332 e. The molecule has 6 heteroatoms. The lowest BCUT2D eigenvalue weighted by molar-refractivity contribution is -0.116. The summed E-state index contributed by atoms with van der Waals surface area (Å²) < 4.78 is 0. The van der Waals surface area contributed by atoms with Gasteiger partial charge >= 0.3 is 0 Å². The Bertz CT molecular complexity index is 410. The molecule has 2 rings (SSSR count). The van der Waals surface area contributed by atoms with Crippen LogP contribution in [0.3, 0.4) is 0 Å². The smallest absolute Gasteiger partial charge is 0.281 e. The molecule has 5 nitrogen and oxygen atoms in total. The molecule has 1 saturated heterocycles. The Morgan fingerprint density at radius 2 is 2.24 bits per heavy atom. The van der Waals surface area contributed by atoms with E-state index < -0.39 is 0 Å². The van der Waals surface area contributed by atoms with E-state index in [1.54, 1.807) is 29.4 Å². The normalized spacial score (nSPS) is 15.1. The van der Waals surface area contributed by atoms with Crippen LogP contribution in [0.15, 0.2) is 24.5 Å². The number of amides is 2. The van der Waals surface area contributed by atoms with Crippen LogP contribution >= 0.6 is 11.8 Å². The first-order valence-corrected chi connectivity index (χ1v) is 6.36. The van der Waals surface area contributed by atoms with Crippen molar-refractivity contribution in [2.75, 3.05) is 24.2 Å². The zero-order chi connectivity index (χ0) is 12.1. The molecule has 1 aromatic rings. The maximum Gasteiger partial charge on any atom is 0.281 e. The Kier molecular flexibility index (Phi) is 3.98. The molecule has 0 unspecified atom stereocenters. The number of pyridine rings is 1. The van der Waals surface area contributed by atoms with Crippen molar-refractivity contribution in [2.45, 2.75) is 6.42 Å². The second kappa shape index (κ2) is 5.67. The highest BCUT2D eigenvalue weighted by molar-refractivity contribution is 8.13. The number of rotatable bonds is 4. The summed E-state index contributed by atoms with van der Waals surface area (Å²) in [6.45, 7) is 1.23. The van der Waals surface area contributed by atoms with Gasteiger partial charge in [-0.1, -0.05) is 11.8 Å². The summed E-state index contributed by atoms with van der Waals surface area (Å²) in [5.41, 5.74) is 0.729. The first kappa shape index (κ1) is 11.9. The quantitative estimate of drug-likeness (QED) is 0.882. The molecule has 2 heterocycles. The number of hydrogen-bond acceptors (Lipinski definition) is 4. The molecule has 1 aromatic heterocycles. The van der Waals surface area contributed by atoms with Gasteiger partial charge in [-0.05, 0) is 12.1 Å². The van der Waals surface area contributed by atoms with Crippen LogP contribution in [0, 0.1) is 0 Å². The predicted octanol–water partition coefficient (Wildman–Crippen LogP) is 1.58. The third-order valence-electron chi connectivity index (χ3n) is 2.42. The van der Waals surface area contributed by atoms with E-state index >= 15 is 0 Å². The van der Waals surface area contributed by atoms with Gasteiger partial charge in [0.25, 0.3) is 5.24 Å². The van der Waals surface area contributed by atoms with Crippen LogP contribution in [-0.2, 0) is 4.79 Å². The van der Waals surface area contributed by atoms with Gasteiger partial charge in [0.15, 0.2) is 0 Å². The number of hydrogen-bond donors (Lipinski definition) is 1. The van der Waals surface area contributed by atoms with Gasteiger partial charge in [-0.25, -0.2) is 0 Å². The summed E-state index contributed by atoms with van der Waals surface area (Å²) in [4.78, 5) is 28.5. The molecule has 0 radical (unpaired) electrons. The van der Waals surface area contributed by atoms with Gasteiger partial charge < -0.3 is 10.2 Å². The number of nitrogens with zero attached hydrogens (tertiary/aromatic N) is 2. The molecule has 2 amide bonds. The lowest BCUT2D eigenvalue weighted by Gasteiger charge is -2.13. The van der Waals surface area contributed by atoms with Crippen molar-refractivity contribution in [1.29, 1.82) is 0 Å². The minimum absolute atomic E-state index is 0.0710. The third-order valence-corrected chi connectivity index (χ3v) is 3.31. The van der Waals surface area contributed by atoms with Gasteiger partial charge in [-0.15, -0.1) is 0 Å². The lowest BCUT2D eigenvalue weighted by Crippen LogP contribution is -2.27. The molecule has 0 atom stereocenters. The average molecular weight is 251 g/mol. The van der Waals surface area contributed by atoms with E-state index in [4.69, 9.17) is 0 Å². The molecule has 1 aliphatic heterocycles. The highest BCUT2D eigenvalue weighted by atomic mass is 32.2. The van der Waals surface area contributed by atoms with E-state index in [2.05, 4.69) is 10.3 Å². The molecule has 17 heavy (non-hydrogen) atoms. The number of carbonyl (C=O) groups is 2. The van der Waals surface area contributed by atoms with Crippen molar-refractivity contribution in [2.24, 2.45) is 0 Å². The van der Waals surface area contributed by atoms with Crippen molar-refractivity contribution >= 4 is 28.6 Å². The van der Waals surface area contributed by atoms with Crippen LogP contribution in [0.25, 0.3) is 0 Å². The van der Waals surface area contributed by atoms with Gasteiger partial charge in [-0.3, -0.25) is 14.6 Å². The van der Waals surface area contributed by atoms with Crippen molar-refractivity contribution in [1.82, 2.24) is 9.88 Å². The van der Waals surface area contributed by atoms with Gasteiger partial charge in [0, 0.05) is 43.3 Å². The fourth-order valence-corrected chi connectivity index (χ4v) is 2.38. The summed E-state index contributed by atoms with van der Waals surface area (Å²) in [5.74, 6) is 0.742. The van der Waals surface area contributed by atoms with E-state index in [1.165, 1.54) is 11.8 Å². The molecule has 1 N–H and O–H groups in total. The summed E-state index contributed by atoms with van der Waals surface area (Å²) >= 11 is 1.31. The van der Waals surface area contributed by atoms with Gasteiger partial charge in [0.2, 0.25) is 5.91 Å². The van der Waals surface area contributed by atoms with Gasteiger partial charge in [0.1, 0.15) is 0 Å². The molecule has 0 spiro atoms. The second-order valence-corrected chi connectivity index (χ2v) is 4.68. The molecule has 0 aromatic carbocycles. The zero-order valence-corrected chi connectivity index (χ0v) is 10.1. The van der Waals surface area contributed by atoms with E-state index in [1.807, 2.05) is 0 Å². The Hall–Kier alpha value is -1.56. The minimum atomic E-state index is -0.0825. The highest BCUT2D eigenvalue weighted by Crippen LogP contribution is 2.17. The Morgan fingerprint density at radius 3 is 2.88 bits per heavy atom. The Balaban J connectivity index is 1.76. The van der Waals surface area contributed by atoms with Gasteiger partial charge in [-0.2, -0.15) is 0 Å². The standard InChI is InChI=1S/C11H13N3O2S/c15-10(13-9-1-4-12-5-2-9)3-6-14-7-8-17-11(14)16/h1-2,4-5H,3,6-8H2,(H,12,13,15).